The summed E-state index contributed by atoms with van der Waals surface area (Å²) in [6.07, 6.45) is -3.46. The van der Waals surface area contributed by atoms with Crippen LogP contribution in [0.15, 0.2) is 16.7 Å². The van der Waals surface area contributed by atoms with Gasteiger partial charge in [0.2, 0.25) is 5.88 Å². The van der Waals surface area contributed by atoms with Gasteiger partial charge in [-0.2, -0.15) is 13.2 Å². The molecule has 3 nitrogen and oxygen atoms in total. The molecule has 1 N–H and O–H groups in total. The molecule has 1 aromatic heterocycles. The van der Waals surface area contributed by atoms with Crippen LogP contribution in [0.2, 0.25) is 0 Å². The number of hydrogen-bond donors (Lipinski definition) is 1. The Balaban J connectivity index is 2.90. The molecule has 0 radical (unpaired) electrons. The fourth-order valence-corrected chi connectivity index (χ4v) is 1.41. The Hall–Kier alpha value is -0.820. The number of nitrogens with zero attached hydrogens (tertiary/aromatic N) is 1. The molecule has 0 aliphatic carbocycles. The van der Waals surface area contributed by atoms with Crippen molar-refractivity contribution in [2.24, 2.45) is 0 Å². The molecule has 7 heteroatoms. The largest absolute Gasteiger partial charge is 0.475 e. The molecule has 0 amide bonds. The Kier molecular flexibility index (Phi) is 4.03. The molecule has 0 aliphatic heterocycles. The fraction of sp³-hybridized carbons (Fsp3) is 0.500. The number of halogens is 4. The lowest BCUT2D eigenvalue weighted by molar-refractivity contribution is -0.138. The highest BCUT2D eigenvalue weighted by Gasteiger charge is 2.33. The van der Waals surface area contributed by atoms with Gasteiger partial charge < -0.3 is 9.84 Å². The van der Waals surface area contributed by atoms with Crippen molar-refractivity contribution in [1.29, 1.82) is 0 Å². The van der Waals surface area contributed by atoms with Crippen LogP contribution in [0.5, 0.6) is 5.88 Å². The minimum atomic E-state index is -4.48. The second-order valence-corrected chi connectivity index (χ2v) is 4.96. The first-order valence-corrected chi connectivity index (χ1v) is 5.47. The van der Waals surface area contributed by atoms with Crippen molar-refractivity contribution in [3.8, 4) is 5.88 Å². The normalized spacial score (nSPS) is 12.6. The van der Waals surface area contributed by atoms with Gasteiger partial charge in [-0.25, -0.2) is 4.98 Å². The fourth-order valence-electron chi connectivity index (χ4n) is 0.966. The van der Waals surface area contributed by atoms with Crippen molar-refractivity contribution in [3.63, 3.8) is 0 Å². The first-order chi connectivity index (χ1) is 7.59. The SMILES string of the molecule is CC(C)(O)COc1cc(C(F)(F)F)c(Br)cn1. The maximum Gasteiger partial charge on any atom is 0.417 e. The van der Waals surface area contributed by atoms with Crippen LogP contribution in [0.25, 0.3) is 0 Å². The lowest BCUT2D eigenvalue weighted by Crippen LogP contribution is -2.28. The van der Waals surface area contributed by atoms with E-state index in [1.54, 1.807) is 0 Å². The Morgan fingerprint density at radius 2 is 2.00 bits per heavy atom. The molecule has 0 atom stereocenters. The van der Waals surface area contributed by atoms with E-state index in [0.717, 1.165) is 12.3 Å². The van der Waals surface area contributed by atoms with E-state index in [4.69, 9.17) is 4.74 Å². The van der Waals surface area contributed by atoms with Crippen LogP contribution in [0.4, 0.5) is 13.2 Å². The summed E-state index contributed by atoms with van der Waals surface area (Å²) in [5.74, 6) is -0.178. The van der Waals surface area contributed by atoms with E-state index in [1.165, 1.54) is 13.8 Å². The van der Waals surface area contributed by atoms with Crippen LogP contribution < -0.4 is 4.74 Å². The highest BCUT2D eigenvalue weighted by Crippen LogP contribution is 2.35. The molecule has 0 saturated heterocycles. The van der Waals surface area contributed by atoms with Gasteiger partial charge in [0.15, 0.2) is 0 Å². The third kappa shape index (κ3) is 4.51. The zero-order valence-electron chi connectivity index (χ0n) is 9.18. The van der Waals surface area contributed by atoms with E-state index in [0.29, 0.717) is 0 Å². The van der Waals surface area contributed by atoms with Crippen LogP contribution in [-0.4, -0.2) is 22.3 Å². The Labute approximate surface area is 105 Å². The van der Waals surface area contributed by atoms with Gasteiger partial charge in [0.25, 0.3) is 0 Å². The Morgan fingerprint density at radius 3 is 2.47 bits per heavy atom. The van der Waals surface area contributed by atoms with Crippen molar-refractivity contribution >= 4 is 15.9 Å². The summed E-state index contributed by atoms with van der Waals surface area (Å²) in [4.78, 5) is 3.68. The zero-order valence-corrected chi connectivity index (χ0v) is 10.8. The molecule has 1 rings (SSSR count). The zero-order chi connectivity index (χ0) is 13.3. The molecule has 0 saturated carbocycles. The Bertz CT molecular complexity index is 402. The van der Waals surface area contributed by atoms with E-state index < -0.39 is 17.3 Å². The average molecular weight is 314 g/mol. The maximum absolute atomic E-state index is 12.5. The number of rotatable bonds is 3. The van der Waals surface area contributed by atoms with E-state index in [2.05, 4.69) is 20.9 Å². The summed E-state index contributed by atoms with van der Waals surface area (Å²) in [7, 11) is 0. The predicted molar refractivity (Wildman–Crippen MR) is 58.7 cm³/mol. The van der Waals surface area contributed by atoms with E-state index in [-0.39, 0.29) is 17.0 Å². The summed E-state index contributed by atoms with van der Waals surface area (Å²) < 4.78 is 42.4. The second-order valence-electron chi connectivity index (χ2n) is 4.10. The summed E-state index contributed by atoms with van der Waals surface area (Å²) in [5, 5.41) is 9.38. The minimum absolute atomic E-state index is 0.140. The van der Waals surface area contributed by atoms with Gasteiger partial charge in [-0.1, -0.05) is 0 Å². The standard InChI is InChI=1S/C10H11BrF3NO2/c1-9(2,16)5-17-8-3-6(10(12,13)14)7(11)4-15-8/h3-4,16H,5H2,1-2H3. The van der Waals surface area contributed by atoms with Crippen molar-refractivity contribution in [1.82, 2.24) is 4.98 Å². The molecule has 0 fully saturated rings. The monoisotopic (exact) mass is 313 g/mol. The van der Waals surface area contributed by atoms with Gasteiger partial charge in [-0.3, -0.25) is 0 Å². The van der Waals surface area contributed by atoms with Crippen LogP contribution in [0.1, 0.15) is 19.4 Å². The highest BCUT2D eigenvalue weighted by atomic mass is 79.9. The molecular weight excluding hydrogens is 303 g/mol. The molecule has 1 heterocycles. The third-order valence-electron chi connectivity index (χ3n) is 1.71. The van der Waals surface area contributed by atoms with Gasteiger partial charge in [0.1, 0.15) is 6.61 Å². The van der Waals surface area contributed by atoms with Gasteiger partial charge in [0.05, 0.1) is 11.2 Å². The molecule has 0 unspecified atom stereocenters. The van der Waals surface area contributed by atoms with E-state index in [9.17, 15) is 18.3 Å². The van der Waals surface area contributed by atoms with Crippen molar-refractivity contribution in [3.05, 3.63) is 22.3 Å². The van der Waals surface area contributed by atoms with Gasteiger partial charge in [-0.15, -0.1) is 0 Å². The molecular formula is C10H11BrF3NO2. The maximum atomic E-state index is 12.5. The predicted octanol–water partition coefficient (Wildman–Crippen LogP) is 3.01. The summed E-state index contributed by atoms with van der Waals surface area (Å²) in [6.45, 7) is 2.83. The topological polar surface area (TPSA) is 42.4 Å². The summed E-state index contributed by atoms with van der Waals surface area (Å²) in [6, 6.07) is 0.788. The molecule has 96 valence electrons. The van der Waals surface area contributed by atoms with Crippen molar-refractivity contribution < 1.29 is 23.0 Å². The number of alkyl halides is 3. The Morgan fingerprint density at radius 1 is 1.41 bits per heavy atom. The number of ether oxygens (including phenoxy) is 1. The first-order valence-electron chi connectivity index (χ1n) is 4.67. The van der Waals surface area contributed by atoms with Crippen LogP contribution in [-0.2, 0) is 6.18 Å². The van der Waals surface area contributed by atoms with E-state index in [1.807, 2.05) is 0 Å². The van der Waals surface area contributed by atoms with Crippen LogP contribution in [0, 0.1) is 0 Å². The lowest BCUT2D eigenvalue weighted by Gasteiger charge is -2.18. The summed E-state index contributed by atoms with van der Waals surface area (Å²) in [5.41, 5.74) is -1.99. The average Bonchev–Trinajstić information content (AvgIpc) is 2.13. The number of pyridine rings is 1. The quantitative estimate of drug-likeness (QED) is 0.932. The number of hydrogen-bond acceptors (Lipinski definition) is 3. The molecule has 0 aromatic carbocycles. The van der Waals surface area contributed by atoms with E-state index >= 15 is 0 Å². The van der Waals surface area contributed by atoms with Gasteiger partial charge >= 0.3 is 6.18 Å². The van der Waals surface area contributed by atoms with Crippen LogP contribution >= 0.6 is 15.9 Å². The second kappa shape index (κ2) is 4.81. The van der Waals surface area contributed by atoms with Crippen molar-refractivity contribution in [2.45, 2.75) is 25.6 Å². The first kappa shape index (κ1) is 14.2. The molecule has 0 aliphatic rings. The smallest absolute Gasteiger partial charge is 0.417 e. The third-order valence-corrected chi connectivity index (χ3v) is 2.34. The lowest BCUT2D eigenvalue weighted by atomic mass is 10.2. The van der Waals surface area contributed by atoms with Crippen LogP contribution in [0.3, 0.4) is 0 Å². The number of aromatic nitrogens is 1. The highest BCUT2D eigenvalue weighted by molar-refractivity contribution is 9.10. The number of aliphatic hydroxyl groups is 1. The van der Waals surface area contributed by atoms with Crippen molar-refractivity contribution in [2.75, 3.05) is 6.61 Å². The minimum Gasteiger partial charge on any atom is -0.475 e. The molecule has 0 bridgehead atoms. The van der Waals surface area contributed by atoms with Gasteiger partial charge in [0, 0.05) is 16.7 Å². The van der Waals surface area contributed by atoms with Gasteiger partial charge in [-0.05, 0) is 29.8 Å². The summed E-state index contributed by atoms with van der Waals surface area (Å²) >= 11 is 2.77. The molecule has 0 spiro atoms. The molecule has 17 heavy (non-hydrogen) atoms. The molecule has 1 aromatic rings.